The van der Waals surface area contributed by atoms with Gasteiger partial charge in [0, 0.05) is 44.7 Å². The number of hydrogen-bond donors (Lipinski definition) is 1. The third kappa shape index (κ3) is 4.41. The molecule has 1 aromatic heterocycles. The molecule has 142 valence electrons. The Bertz CT molecular complexity index is 711. The van der Waals surface area contributed by atoms with Crippen molar-refractivity contribution in [3.8, 4) is 0 Å². The Morgan fingerprint density at radius 3 is 2.42 bits per heavy atom. The van der Waals surface area contributed by atoms with Crippen LogP contribution < -0.4 is 5.73 Å². The molecule has 3 rings (SSSR count). The molecule has 1 unspecified atom stereocenters. The minimum Gasteiger partial charge on any atom is -0.338 e. The summed E-state index contributed by atoms with van der Waals surface area (Å²) in [6.45, 7) is 7.52. The summed E-state index contributed by atoms with van der Waals surface area (Å²) in [6, 6.07) is 7.58. The van der Waals surface area contributed by atoms with Gasteiger partial charge in [-0.3, -0.25) is 9.69 Å². The third-order valence-corrected chi connectivity index (χ3v) is 4.74. The van der Waals surface area contributed by atoms with Crippen molar-refractivity contribution >= 4 is 18.3 Å². The molecule has 7 nitrogen and oxygen atoms in total. The molecule has 26 heavy (non-hydrogen) atoms. The van der Waals surface area contributed by atoms with Crippen LogP contribution in [0.4, 0.5) is 0 Å². The van der Waals surface area contributed by atoms with E-state index in [2.05, 4.69) is 22.0 Å². The average Bonchev–Trinajstić information content (AvgIpc) is 3.16. The van der Waals surface area contributed by atoms with Gasteiger partial charge in [-0.1, -0.05) is 24.2 Å². The van der Waals surface area contributed by atoms with Crippen LogP contribution in [0.5, 0.6) is 0 Å². The van der Waals surface area contributed by atoms with Crippen molar-refractivity contribution in [2.75, 3.05) is 26.2 Å². The van der Waals surface area contributed by atoms with Gasteiger partial charge in [0.05, 0.1) is 6.04 Å². The summed E-state index contributed by atoms with van der Waals surface area (Å²) in [5, 5.41) is 3.96. The van der Waals surface area contributed by atoms with E-state index in [4.69, 9.17) is 10.3 Å². The lowest BCUT2D eigenvalue weighted by Gasteiger charge is -2.36. The Morgan fingerprint density at radius 2 is 1.88 bits per heavy atom. The smallest absolute Gasteiger partial charge is 0.253 e. The molecule has 1 atom stereocenters. The van der Waals surface area contributed by atoms with E-state index in [9.17, 15) is 4.79 Å². The maximum absolute atomic E-state index is 12.6. The molecule has 0 saturated carbocycles. The van der Waals surface area contributed by atoms with E-state index < -0.39 is 0 Å². The van der Waals surface area contributed by atoms with Crippen molar-refractivity contribution in [2.45, 2.75) is 32.9 Å². The van der Waals surface area contributed by atoms with E-state index in [0.29, 0.717) is 31.1 Å². The summed E-state index contributed by atoms with van der Waals surface area (Å²) in [5.41, 5.74) is 7.34. The Balaban J connectivity index is 0.00000243. The number of benzene rings is 1. The van der Waals surface area contributed by atoms with Crippen LogP contribution in [0, 0.1) is 0 Å². The highest BCUT2D eigenvalue weighted by molar-refractivity contribution is 5.94. The van der Waals surface area contributed by atoms with Gasteiger partial charge in [-0.2, -0.15) is 4.98 Å². The van der Waals surface area contributed by atoms with Crippen LogP contribution in [0.25, 0.3) is 0 Å². The Hall–Kier alpha value is -1.96. The van der Waals surface area contributed by atoms with Crippen LogP contribution in [0.1, 0.15) is 47.5 Å². The van der Waals surface area contributed by atoms with Crippen molar-refractivity contribution in [1.29, 1.82) is 0 Å². The van der Waals surface area contributed by atoms with Gasteiger partial charge in [0.15, 0.2) is 5.82 Å². The molecule has 0 bridgehead atoms. The van der Waals surface area contributed by atoms with Crippen LogP contribution in [0.2, 0.25) is 0 Å². The largest absolute Gasteiger partial charge is 0.338 e. The zero-order valence-corrected chi connectivity index (χ0v) is 16.0. The number of nitrogens with two attached hydrogens (primary N) is 1. The Kier molecular flexibility index (Phi) is 7.14. The van der Waals surface area contributed by atoms with Gasteiger partial charge in [0.2, 0.25) is 5.89 Å². The van der Waals surface area contributed by atoms with Gasteiger partial charge in [-0.05, 0) is 24.6 Å². The van der Waals surface area contributed by atoms with Crippen LogP contribution in [0.3, 0.4) is 0 Å². The number of rotatable bonds is 5. The monoisotopic (exact) mass is 379 g/mol. The highest BCUT2D eigenvalue weighted by Crippen LogP contribution is 2.21. The molecule has 1 aliphatic rings. The lowest BCUT2D eigenvalue weighted by Crippen LogP contribution is -2.49. The summed E-state index contributed by atoms with van der Waals surface area (Å²) < 4.78 is 5.34. The Morgan fingerprint density at radius 1 is 1.23 bits per heavy atom. The molecule has 2 N–H and O–H groups in total. The lowest BCUT2D eigenvalue weighted by molar-refractivity contribution is 0.0551. The average molecular weight is 380 g/mol. The first-order chi connectivity index (χ1) is 12.1. The minimum atomic E-state index is 0. The number of carbonyl (C=O) groups excluding carboxylic acids is 1. The molecule has 8 heteroatoms. The maximum atomic E-state index is 12.6. The van der Waals surface area contributed by atoms with E-state index in [0.717, 1.165) is 30.9 Å². The van der Waals surface area contributed by atoms with Gasteiger partial charge in [-0.25, -0.2) is 0 Å². The number of hydrogen-bond acceptors (Lipinski definition) is 6. The first kappa shape index (κ1) is 20.4. The van der Waals surface area contributed by atoms with Gasteiger partial charge in [0.25, 0.3) is 5.91 Å². The molecule has 1 saturated heterocycles. The molecule has 0 aliphatic carbocycles. The molecule has 1 fully saturated rings. The van der Waals surface area contributed by atoms with Crippen molar-refractivity contribution in [1.82, 2.24) is 19.9 Å². The standard InChI is InChI=1S/C18H25N5O2.ClH/c1-3-16-20-17(25-21-16)13(2)22-8-10-23(11-9-22)18(24)15-6-4-14(12-19)5-7-15;/h4-7,13H,3,8-12,19H2,1-2H3;1H. The van der Waals surface area contributed by atoms with Crippen molar-refractivity contribution in [2.24, 2.45) is 5.73 Å². The molecule has 2 aromatic rings. The molecule has 2 heterocycles. The number of carbonyl (C=O) groups is 1. The lowest BCUT2D eigenvalue weighted by atomic mass is 10.1. The van der Waals surface area contributed by atoms with Crippen LogP contribution in [0.15, 0.2) is 28.8 Å². The summed E-state index contributed by atoms with van der Waals surface area (Å²) in [5.74, 6) is 1.45. The minimum absolute atomic E-state index is 0. The number of halogens is 1. The Labute approximate surface area is 159 Å². The van der Waals surface area contributed by atoms with Gasteiger partial charge < -0.3 is 15.2 Å². The van der Waals surface area contributed by atoms with Gasteiger partial charge >= 0.3 is 0 Å². The molecule has 1 aliphatic heterocycles. The highest BCUT2D eigenvalue weighted by Gasteiger charge is 2.27. The van der Waals surface area contributed by atoms with E-state index in [1.807, 2.05) is 36.1 Å². The fourth-order valence-corrected chi connectivity index (χ4v) is 3.02. The SMILES string of the molecule is CCc1noc(C(C)N2CCN(C(=O)c3ccc(CN)cc3)CC2)n1.Cl. The number of piperazine rings is 1. The highest BCUT2D eigenvalue weighted by atomic mass is 35.5. The third-order valence-electron chi connectivity index (χ3n) is 4.74. The van der Waals surface area contributed by atoms with E-state index >= 15 is 0 Å². The van der Waals surface area contributed by atoms with Gasteiger partial charge in [-0.15, -0.1) is 12.4 Å². The van der Waals surface area contributed by atoms with Crippen molar-refractivity contribution in [3.05, 3.63) is 47.1 Å². The van der Waals surface area contributed by atoms with Crippen LogP contribution in [-0.4, -0.2) is 52.0 Å². The summed E-state index contributed by atoms with van der Waals surface area (Å²) in [6.07, 6.45) is 0.765. The van der Waals surface area contributed by atoms with E-state index in [1.54, 1.807) is 0 Å². The first-order valence-corrected chi connectivity index (χ1v) is 8.77. The number of aromatic nitrogens is 2. The van der Waals surface area contributed by atoms with Crippen molar-refractivity contribution < 1.29 is 9.32 Å². The predicted octanol–water partition coefficient (Wildman–Crippen LogP) is 2.03. The van der Waals surface area contributed by atoms with Crippen molar-refractivity contribution in [3.63, 3.8) is 0 Å². The molecular weight excluding hydrogens is 354 g/mol. The number of amides is 1. The zero-order valence-electron chi connectivity index (χ0n) is 15.2. The van der Waals surface area contributed by atoms with Crippen LogP contribution in [-0.2, 0) is 13.0 Å². The second kappa shape index (κ2) is 9.12. The summed E-state index contributed by atoms with van der Waals surface area (Å²) in [4.78, 5) is 21.2. The summed E-state index contributed by atoms with van der Waals surface area (Å²) >= 11 is 0. The normalized spacial score (nSPS) is 16.2. The zero-order chi connectivity index (χ0) is 17.8. The summed E-state index contributed by atoms with van der Waals surface area (Å²) in [7, 11) is 0. The fraction of sp³-hybridized carbons (Fsp3) is 0.500. The van der Waals surface area contributed by atoms with E-state index in [1.165, 1.54) is 0 Å². The molecule has 0 radical (unpaired) electrons. The fourth-order valence-electron chi connectivity index (χ4n) is 3.02. The maximum Gasteiger partial charge on any atom is 0.253 e. The molecule has 1 aromatic carbocycles. The van der Waals surface area contributed by atoms with Gasteiger partial charge in [0.1, 0.15) is 0 Å². The number of aryl methyl sites for hydroxylation is 1. The second-order valence-electron chi connectivity index (χ2n) is 6.31. The first-order valence-electron chi connectivity index (χ1n) is 8.77. The predicted molar refractivity (Wildman–Crippen MR) is 101 cm³/mol. The second-order valence-corrected chi connectivity index (χ2v) is 6.31. The van der Waals surface area contributed by atoms with Crippen LogP contribution >= 0.6 is 12.4 Å². The topological polar surface area (TPSA) is 88.5 Å². The molecule has 0 spiro atoms. The quantitative estimate of drug-likeness (QED) is 0.855. The molecule has 1 amide bonds. The van der Waals surface area contributed by atoms with E-state index in [-0.39, 0.29) is 24.4 Å². The number of nitrogens with zero attached hydrogens (tertiary/aromatic N) is 4. The molecular formula is C18H26ClN5O2.